The fourth-order valence-electron chi connectivity index (χ4n) is 1.37. The first-order valence-electron chi connectivity index (χ1n) is 4.44. The lowest BCUT2D eigenvalue weighted by atomic mass is 10.0. The molecule has 0 aromatic heterocycles. The molecule has 0 fully saturated rings. The maximum atomic E-state index is 13.0. The van der Waals surface area contributed by atoms with Crippen LogP contribution in [0.25, 0.3) is 0 Å². The number of aromatic hydroxyl groups is 1. The predicted octanol–water partition coefficient (Wildman–Crippen LogP) is 0.715. The van der Waals surface area contributed by atoms with Crippen molar-refractivity contribution in [1.82, 2.24) is 0 Å². The van der Waals surface area contributed by atoms with E-state index in [4.69, 9.17) is 11.5 Å². The number of carbonyl (C=O) groups excluding carboxylic acids is 1. The monoisotopic (exact) mass is 212 g/mol. The highest BCUT2D eigenvalue weighted by molar-refractivity contribution is 5.74. The first-order valence-corrected chi connectivity index (χ1v) is 4.44. The van der Waals surface area contributed by atoms with Crippen LogP contribution in [0.4, 0.5) is 4.39 Å². The van der Waals surface area contributed by atoms with Crippen molar-refractivity contribution in [1.29, 1.82) is 0 Å². The molecule has 5 N–H and O–H groups in total. The Morgan fingerprint density at radius 3 is 2.73 bits per heavy atom. The van der Waals surface area contributed by atoms with E-state index >= 15 is 0 Å². The van der Waals surface area contributed by atoms with E-state index in [2.05, 4.69) is 0 Å². The summed E-state index contributed by atoms with van der Waals surface area (Å²) in [5.41, 5.74) is 11.1. The number of rotatable bonds is 3. The Kier molecular flexibility index (Phi) is 3.26. The molecule has 4 nitrogen and oxygen atoms in total. The van der Waals surface area contributed by atoms with E-state index in [1.165, 1.54) is 6.07 Å². The molecule has 1 atom stereocenters. The summed E-state index contributed by atoms with van der Waals surface area (Å²) in [4.78, 5) is 10.6. The van der Waals surface area contributed by atoms with Crippen LogP contribution in [0.15, 0.2) is 12.1 Å². The minimum Gasteiger partial charge on any atom is -0.507 e. The molecule has 1 rings (SSSR count). The third-order valence-corrected chi connectivity index (χ3v) is 2.12. The van der Waals surface area contributed by atoms with Crippen molar-refractivity contribution in [3.05, 3.63) is 29.1 Å². The third kappa shape index (κ3) is 2.66. The van der Waals surface area contributed by atoms with E-state index < -0.39 is 17.8 Å². The summed E-state index contributed by atoms with van der Waals surface area (Å²) in [5.74, 6) is -1.19. The van der Waals surface area contributed by atoms with Crippen molar-refractivity contribution >= 4 is 5.91 Å². The van der Waals surface area contributed by atoms with Crippen LogP contribution in [0, 0.1) is 12.7 Å². The molecular formula is C10H13FN2O2. The van der Waals surface area contributed by atoms with Crippen LogP contribution in [-0.2, 0) is 4.79 Å². The maximum absolute atomic E-state index is 13.0. The summed E-state index contributed by atoms with van der Waals surface area (Å²) < 4.78 is 13.0. The second-order valence-corrected chi connectivity index (χ2v) is 3.44. The van der Waals surface area contributed by atoms with Crippen molar-refractivity contribution in [2.75, 3.05) is 0 Å². The standard InChI is InChI=1S/C10H13FN2O2/c1-5-2-6(11)3-7(10(5)15)8(12)4-9(13)14/h2-3,8,15H,4,12H2,1H3,(H2,13,14). The highest BCUT2D eigenvalue weighted by atomic mass is 19.1. The Morgan fingerprint density at radius 1 is 1.60 bits per heavy atom. The van der Waals surface area contributed by atoms with Gasteiger partial charge in [-0.2, -0.15) is 0 Å². The summed E-state index contributed by atoms with van der Waals surface area (Å²) in [7, 11) is 0. The van der Waals surface area contributed by atoms with Gasteiger partial charge in [0.2, 0.25) is 5.91 Å². The number of primary amides is 1. The van der Waals surface area contributed by atoms with Crippen molar-refractivity contribution in [2.24, 2.45) is 11.5 Å². The van der Waals surface area contributed by atoms with Gasteiger partial charge < -0.3 is 16.6 Å². The molecule has 0 saturated carbocycles. The molecule has 0 bridgehead atoms. The predicted molar refractivity (Wildman–Crippen MR) is 53.5 cm³/mol. The van der Waals surface area contributed by atoms with E-state index in [0.29, 0.717) is 5.56 Å². The molecule has 0 saturated heterocycles. The first-order chi connectivity index (χ1) is 6.91. The lowest BCUT2D eigenvalue weighted by Crippen LogP contribution is -2.21. The van der Waals surface area contributed by atoms with Crippen LogP contribution >= 0.6 is 0 Å². The Labute approximate surface area is 86.7 Å². The molecule has 1 unspecified atom stereocenters. The second kappa shape index (κ2) is 4.27. The average Bonchev–Trinajstić information content (AvgIpc) is 2.09. The van der Waals surface area contributed by atoms with Crippen molar-refractivity contribution in [2.45, 2.75) is 19.4 Å². The largest absolute Gasteiger partial charge is 0.507 e. The molecule has 15 heavy (non-hydrogen) atoms. The molecule has 0 heterocycles. The number of hydrogen-bond donors (Lipinski definition) is 3. The van der Waals surface area contributed by atoms with Crippen LogP contribution in [0.3, 0.4) is 0 Å². The van der Waals surface area contributed by atoms with E-state index in [9.17, 15) is 14.3 Å². The van der Waals surface area contributed by atoms with Gasteiger partial charge in [0.05, 0.1) is 0 Å². The fourth-order valence-corrected chi connectivity index (χ4v) is 1.37. The van der Waals surface area contributed by atoms with Crippen molar-refractivity contribution in [3.63, 3.8) is 0 Å². The summed E-state index contributed by atoms with van der Waals surface area (Å²) >= 11 is 0. The summed E-state index contributed by atoms with van der Waals surface area (Å²) in [6.45, 7) is 1.55. The number of phenols is 1. The Bertz CT molecular complexity index is 393. The van der Waals surface area contributed by atoms with Crippen molar-refractivity contribution < 1.29 is 14.3 Å². The molecule has 0 aliphatic rings. The van der Waals surface area contributed by atoms with Crippen LogP contribution in [0.5, 0.6) is 5.75 Å². The summed E-state index contributed by atoms with van der Waals surface area (Å²) in [6, 6.07) is 1.52. The molecule has 5 heteroatoms. The van der Waals surface area contributed by atoms with Gasteiger partial charge in [-0.3, -0.25) is 4.79 Å². The van der Waals surface area contributed by atoms with Crippen LogP contribution < -0.4 is 11.5 Å². The normalized spacial score (nSPS) is 12.5. The molecule has 1 aromatic carbocycles. The van der Waals surface area contributed by atoms with Gasteiger partial charge >= 0.3 is 0 Å². The zero-order valence-corrected chi connectivity index (χ0v) is 8.33. The maximum Gasteiger partial charge on any atom is 0.219 e. The lowest BCUT2D eigenvalue weighted by Gasteiger charge is -2.13. The average molecular weight is 212 g/mol. The Hall–Kier alpha value is -1.62. The van der Waals surface area contributed by atoms with Crippen LogP contribution in [-0.4, -0.2) is 11.0 Å². The SMILES string of the molecule is Cc1cc(F)cc(C(N)CC(N)=O)c1O. The summed E-state index contributed by atoms with van der Waals surface area (Å²) in [5, 5.41) is 9.61. The summed E-state index contributed by atoms with van der Waals surface area (Å²) in [6.07, 6.45) is -0.129. The van der Waals surface area contributed by atoms with E-state index in [1.807, 2.05) is 0 Å². The molecule has 0 aliphatic heterocycles. The Morgan fingerprint density at radius 2 is 2.20 bits per heavy atom. The zero-order valence-electron chi connectivity index (χ0n) is 8.33. The number of halogens is 1. The number of amides is 1. The molecule has 0 radical (unpaired) electrons. The topological polar surface area (TPSA) is 89.3 Å². The van der Waals surface area contributed by atoms with Gasteiger partial charge in [-0.25, -0.2) is 4.39 Å². The zero-order chi connectivity index (χ0) is 11.6. The van der Waals surface area contributed by atoms with E-state index in [0.717, 1.165) is 6.07 Å². The highest BCUT2D eigenvalue weighted by Crippen LogP contribution is 2.28. The minimum absolute atomic E-state index is 0.0925. The van der Waals surface area contributed by atoms with Crippen LogP contribution in [0.1, 0.15) is 23.6 Å². The highest BCUT2D eigenvalue weighted by Gasteiger charge is 2.16. The van der Waals surface area contributed by atoms with Gasteiger partial charge in [-0.1, -0.05) is 0 Å². The number of nitrogens with two attached hydrogens (primary N) is 2. The smallest absolute Gasteiger partial charge is 0.219 e. The fraction of sp³-hybridized carbons (Fsp3) is 0.300. The molecular weight excluding hydrogens is 199 g/mol. The number of hydrogen-bond acceptors (Lipinski definition) is 3. The van der Waals surface area contributed by atoms with Gasteiger partial charge in [-0.15, -0.1) is 0 Å². The number of benzene rings is 1. The van der Waals surface area contributed by atoms with Gasteiger partial charge in [-0.05, 0) is 24.6 Å². The minimum atomic E-state index is -0.781. The van der Waals surface area contributed by atoms with Gasteiger partial charge in [0.15, 0.2) is 0 Å². The van der Waals surface area contributed by atoms with Crippen molar-refractivity contribution in [3.8, 4) is 5.75 Å². The number of aryl methyl sites for hydroxylation is 1. The lowest BCUT2D eigenvalue weighted by molar-refractivity contribution is -0.118. The molecule has 82 valence electrons. The second-order valence-electron chi connectivity index (χ2n) is 3.44. The van der Waals surface area contributed by atoms with E-state index in [1.54, 1.807) is 6.92 Å². The first kappa shape index (κ1) is 11.5. The molecule has 0 aliphatic carbocycles. The number of carbonyl (C=O) groups is 1. The number of phenolic OH excluding ortho intramolecular Hbond substituents is 1. The van der Waals surface area contributed by atoms with E-state index in [-0.39, 0.29) is 17.7 Å². The van der Waals surface area contributed by atoms with Crippen LogP contribution in [0.2, 0.25) is 0 Å². The van der Waals surface area contributed by atoms with Gasteiger partial charge in [0.1, 0.15) is 11.6 Å². The van der Waals surface area contributed by atoms with Gasteiger partial charge in [0.25, 0.3) is 0 Å². The third-order valence-electron chi connectivity index (χ3n) is 2.12. The molecule has 1 amide bonds. The molecule has 0 spiro atoms. The Balaban J connectivity index is 3.07. The van der Waals surface area contributed by atoms with Gasteiger partial charge in [0, 0.05) is 18.0 Å². The quantitative estimate of drug-likeness (QED) is 0.689. The molecule has 1 aromatic rings.